The lowest BCUT2D eigenvalue weighted by Gasteiger charge is -2.21. The van der Waals surface area contributed by atoms with E-state index in [2.05, 4.69) is 70.3 Å². The lowest BCUT2D eigenvalue weighted by Crippen LogP contribution is -2.22. The first kappa shape index (κ1) is 14.3. The molecule has 0 aliphatic rings. The van der Waals surface area contributed by atoms with E-state index in [0.29, 0.717) is 12.1 Å². The van der Waals surface area contributed by atoms with Crippen LogP contribution in [-0.2, 0) is 0 Å². The Morgan fingerprint density at radius 1 is 1.00 bits per heavy atom. The molecule has 0 saturated heterocycles. The van der Waals surface area contributed by atoms with E-state index in [-0.39, 0.29) is 0 Å². The average Bonchev–Trinajstić information content (AvgIpc) is 2.68. The Bertz CT molecular complexity index is 556. The van der Waals surface area contributed by atoms with Crippen LogP contribution in [0, 0.1) is 20.8 Å². The summed E-state index contributed by atoms with van der Waals surface area (Å²) >= 11 is 1.88. The van der Waals surface area contributed by atoms with Crippen molar-refractivity contribution >= 4 is 11.3 Å². The van der Waals surface area contributed by atoms with E-state index in [1.807, 2.05) is 11.3 Å². The van der Waals surface area contributed by atoms with Crippen molar-refractivity contribution in [1.29, 1.82) is 0 Å². The first-order valence-corrected chi connectivity index (χ1v) is 7.68. The first-order valence-electron chi connectivity index (χ1n) is 6.87. The van der Waals surface area contributed by atoms with Gasteiger partial charge >= 0.3 is 0 Å². The molecule has 0 fully saturated rings. The molecule has 2 atom stereocenters. The van der Waals surface area contributed by atoms with E-state index in [1.165, 1.54) is 26.4 Å². The zero-order valence-electron chi connectivity index (χ0n) is 12.4. The summed E-state index contributed by atoms with van der Waals surface area (Å²) < 4.78 is 0. The zero-order valence-corrected chi connectivity index (χ0v) is 13.3. The minimum atomic E-state index is 0.370. The van der Waals surface area contributed by atoms with Crippen LogP contribution in [0.5, 0.6) is 0 Å². The van der Waals surface area contributed by atoms with Crippen molar-refractivity contribution in [3.8, 4) is 0 Å². The predicted octanol–water partition coefficient (Wildman–Crippen LogP) is 5.09. The highest BCUT2D eigenvalue weighted by molar-refractivity contribution is 7.12. The van der Waals surface area contributed by atoms with Gasteiger partial charge in [-0.3, -0.25) is 0 Å². The lowest BCUT2D eigenvalue weighted by atomic mass is 10.0. The molecule has 0 radical (unpaired) electrons. The second-order valence-corrected chi connectivity index (χ2v) is 6.85. The van der Waals surface area contributed by atoms with Gasteiger partial charge in [-0.15, -0.1) is 11.3 Å². The molecule has 1 N–H and O–H groups in total. The van der Waals surface area contributed by atoms with Gasteiger partial charge < -0.3 is 5.32 Å². The van der Waals surface area contributed by atoms with Gasteiger partial charge in [0.1, 0.15) is 0 Å². The van der Waals surface area contributed by atoms with Gasteiger partial charge in [-0.05, 0) is 51.8 Å². The van der Waals surface area contributed by atoms with Crippen molar-refractivity contribution in [3.63, 3.8) is 0 Å². The third kappa shape index (κ3) is 3.46. The first-order chi connectivity index (χ1) is 8.97. The number of hydrogen-bond acceptors (Lipinski definition) is 2. The Balaban J connectivity index is 2.10. The minimum absolute atomic E-state index is 0.370. The van der Waals surface area contributed by atoms with Gasteiger partial charge in [-0.25, -0.2) is 0 Å². The van der Waals surface area contributed by atoms with Crippen LogP contribution in [0.1, 0.15) is 52.4 Å². The maximum atomic E-state index is 3.70. The molecule has 2 heteroatoms. The van der Waals surface area contributed by atoms with Gasteiger partial charge in [-0.1, -0.05) is 29.8 Å². The van der Waals surface area contributed by atoms with Crippen molar-refractivity contribution in [2.75, 3.05) is 0 Å². The third-order valence-corrected chi connectivity index (χ3v) is 4.57. The smallest absolute Gasteiger partial charge is 0.0308 e. The molecule has 2 rings (SSSR count). The standard InChI is InChI=1S/C17H23NS/c1-11-7-6-8-16(9-11)13(3)18-14(4)17-10-12(2)19-15(17)5/h6-10,13-14,18H,1-5H3. The largest absolute Gasteiger partial charge is 0.304 e. The van der Waals surface area contributed by atoms with E-state index < -0.39 is 0 Å². The molecule has 0 aliphatic carbocycles. The molecule has 1 heterocycles. The average molecular weight is 273 g/mol. The maximum absolute atomic E-state index is 3.70. The van der Waals surface area contributed by atoms with Crippen LogP contribution in [0.25, 0.3) is 0 Å². The molecule has 0 saturated carbocycles. The molecule has 0 bridgehead atoms. The summed E-state index contributed by atoms with van der Waals surface area (Å²) in [6.45, 7) is 11.0. The Labute approximate surface area is 120 Å². The van der Waals surface area contributed by atoms with Crippen molar-refractivity contribution < 1.29 is 0 Å². The van der Waals surface area contributed by atoms with Gasteiger partial charge in [0.25, 0.3) is 0 Å². The van der Waals surface area contributed by atoms with Crippen molar-refractivity contribution in [1.82, 2.24) is 5.32 Å². The van der Waals surface area contributed by atoms with E-state index in [1.54, 1.807) is 0 Å². The SMILES string of the molecule is Cc1cccc(C(C)NC(C)c2cc(C)sc2C)c1. The van der Waals surface area contributed by atoms with E-state index in [0.717, 1.165) is 0 Å². The van der Waals surface area contributed by atoms with Gasteiger partial charge in [0.2, 0.25) is 0 Å². The van der Waals surface area contributed by atoms with Crippen molar-refractivity contribution in [3.05, 3.63) is 56.8 Å². The Kier molecular flexibility index (Phi) is 4.43. The number of nitrogens with one attached hydrogen (secondary N) is 1. The summed E-state index contributed by atoms with van der Waals surface area (Å²) in [6.07, 6.45) is 0. The molecular formula is C17H23NS. The predicted molar refractivity (Wildman–Crippen MR) is 84.9 cm³/mol. The third-order valence-electron chi connectivity index (χ3n) is 3.59. The summed E-state index contributed by atoms with van der Waals surface area (Å²) in [5, 5.41) is 3.70. The van der Waals surface area contributed by atoms with Crippen LogP contribution in [0.15, 0.2) is 30.3 Å². The molecule has 2 unspecified atom stereocenters. The summed E-state index contributed by atoms with van der Waals surface area (Å²) in [5.74, 6) is 0. The number of hydrogen-bond donors (Lipinski definition) is 1. The fourth-order valence-electron chi connectivity index (χ4n) is 2.58. The number of rotatable bonds is 4. The second kappa shape index (κ2) is 5.89. The van der Waals surface area contributed by atoms with E-state index in [9.17, 15) is 0 Å². The van der Waals surface area contributed by atoms with E-state index in [4.69, 9.17) is 0 Å². The number of thiophene rings is 1. The van der Waals surface area contributed by atoms with Crippen LogP contribution in [0.3, 0.4) is 0 Å². The summed E-state index contributed by atoms with van der Waals surface area (Å²) in [4.78, 5) is 2.82. The zero-order chi connectivity index (χ0) is 14.0. The van der Waals surface area contributed by atoms with Gasteiger partial charge in [0.15, 0.2) is 0 Å². The summed E-state index contributed by atoms with van der Waals surface area (Å²) in [6, 6.07) is 11.8. The normalized spacial score (nSPS) is 14.4. The fourth-order valence-corrected chi connectivity index (χ4v) is 3.60. The Morgan fingerprint density at radius 2 is 1.74 bits per heavy atom. The second-order valence-electron chi connectivity index (χ2n) is 5.39. The minimum Gasteiger partial charge on any atom is -0.304 e. The molecule has 0 amide bonds. The van der Waals surface area contributed by atoms with Crippen molar-refractivity contribution in [2.45, 2.75) is 46.7 Å². The molecule has 0 spiro atoms. The Hall–Kier alpha value is -1.12. The molecule has 1 nitrogen and oxygen atoms in total. The molecule has 2 aromatic rings. The van der Waals surface area contributed by atoms with Crippen LogP contribution >= 0.6 is 11.3 Å². The summed E-state index contributed by atoms with van der Waals surface area (Å²) in [5.41, 5.74) is 4.11. The van der Waals surface area contributed by atoms with Crippen LogP contribution in [0.2, 0.25) is 0 Å². The number of benzene rings is 1. The molecule has 0 aliphatic heterocycles. The molecule has 19 heavy (non-hydrogen) atoms. The summed E-state index contributed by atoms with van der Waals surface area (Å²) in [7, 11) is 0. The van der Waals surface area contributed by atoms with Crippen LogP contribution in [0.4, 0.5) is 0 Å². The molecule has 102 valence electrons. The highest BCUT2D eigenvalue weighted by Crippen LogP contribution is 2.28. The highest BCUT2D eigenvalue weighted by atomic mass is 32.1. The quantitative estimate of drug-likeness (QED) is 0.818. The van der Waals surface area contributed by atoms with Gasteiger partial charge in [0, 0.05) is 21.8 Å². The maximum Gasteiger partial charge on any atom is 0.0308 e. The fraction of sp³-hybridized carbons (Fsp3) is 0.412. The topological polar surface area (TPSA) is 12.0 Å². The van der Waals surface area contributed by atoms with Gasteiger partial charge in [-0.2, -0.15) is 0 Å². The van der Waals surface area contributed by atoms with E-state index >= 15 is 0 Å². The molecular weight excluding hydrogens is 250 g/mol. The van der Waals surface area contributed by atoms with Crippen LogP contribution < -0.4 is 5.32 Å². The van der Waals surface area contributed by atoms with Crippen LogP contribution in [-0.4, -0.2) is 0 Å². The number of aryl methyl sites for hydroxylation is 3. The monoisotopic (exact) mass is 273 g/mol. The molecule has 1 aromatic carbocycles. The van der Waals surface area contributed by atoms with Gasteiger partial charge in [0.05, 0.1) is 0 Å². The molecule has 1 aromatic heterocycles. The Morgan fingerprint density at radius 3 is 2.32 bits per heavy atom. The van der Waals surface area contributed by atoms with Crippen molar-refractivity contribution in [2.24, 2.45) is 0 Å². The lowest BCUT2D eigenvalue weighted by molar-refractivity contribution is 0.494. The highest BCUT2D eigenvalue weighted by Gasteiger charge is 2.14.